The van der Waals surface area contributed by atoms with Crippen molar-refractivity contribution >= 4 is 32.3 Å². The van der Waals surface area contributed by atoms with E-state index in [0.717, 1.165) is 22.3 Å². The molecule has 0 amide bonds. The minimum atomic E-state index is -3.61. The quantitative estimate of drug-likeness (QED) is 0.784. The Hall–Kier alpha value is -1.83. The summed E-state index contributed by atoms with van der Waals surface area (Å²) in [6, 6.07) is 11.0. The summed E-state index contributed by atoms with van der Waals surface area (Å²) in [5.74, 6) is 0.910. The molecule has 0 radical (unpaired) electrons. The first-order chi connectivity index (χ1) is 10.1. The van der Waals surface area contributed by atoms with Crippen molar-refractivity contribution in [1.82, 2.24) is 4.72 Å². The number of hydrogen-bond donors (Lipinski definition) is 1. The lowest BCUT2D eigenvalue weighted by atomic mass is 10.2. The molecule has 0 saturated heterocycles. The van der Waals surface area contributed by atoms with Crippen LogP contribution in [0.2, 0.25) is 0 Å². The van der Waals surface area contributed by atoms with Crippen molar-refractivity contribution in [1.29, 1.82) is 0 Å². The first-order valence-corrected chi connectivity index (χ1v) is 8.55. The molecule has 0 bridgehead atoms. The zero-order valence-electron chi connectivity index (χ0n) is 11.2. The van der Waals surface area contributed by atoms with E-state index in [1.807, 2.05) is 30.3 Å². The Morgan fingerprint density at radius 3 is 2.86 bits per heavy atom. The van der Waals surface area contributed by atoms with Gasteiger partial charge in [-0.1, -0.05) is 18.2 Å². The SMILES string of the molecule is COc1ccsc1S(=O)(=O)NCc1cc2ccccc2o1. The highest BCUT2D eigenvalue weighted by Crippen LogP contribution is 2.29. The molecule has 1 aromatic carbocycles. The summed E-state index contributed by atoms with van der Waals surface area (Å²) in [6.07, 6.45) is 0. The Balaban J connectivity index is 1.80. The van der Waals surface area contributed by atoms with Crippen LogP contribution in [0.1, 0.15) is 5.76 Å². The highest BCUT2D eigenvalue weighted by atomic mass is 32.2. The second-order valence-electron chi connectivity index (χ2n) is 4.35. The van der Waals surface area contributed by atoms with Crippen molar-refractivity contribution in [3.8, 4) is 5.75 Å². The van der Waals surface area contributed by atoms with Gasteiger partial charge in [-0.25, -0.2) is 13.1 Å². The minimum Gasteiger partial charge on any atom is -0.494 e. The highest BCUT2D eigenvalue weighted by Gasteiger charge is 2.21. The molecule has 5 nitrogen and oxygen atoms in total. The van der Waals surface area contributed by atoms with Crippen LogP contribution in [0.3, 0.4) is 0 Å². The topological polar surface area (TPSA) is 68.5 Å². The maximum Gasteiger partial charge on any atom is 0.254 e. The third-order valence-corrected chi connectivity index (χ3v) is 5.82. The largest absolute Gasteiger partial charge is 0.494 e. The van der Waals surface area contributed by atoms with E-state index in [9.17, 15) is 8.42 Å². The van der Waals surface area contributed by atoms with Gasteiger partial charge in [0.05, 0.1) is 13.7 Å². The molecule has 1 N–H and O–H groups in total. The molecule has 0 aliphatic heterocycles. The number of nitrogens with one attached hydrogen (secondary N) is 1. The van der Waals surface area contributed by atoms with Crippen molar-refractivity contribution < 1.29 is 17.6 Å². The van der Waals surface area contributed by atoms with Crippen molar-refractivity contribution in [2.45, 2.75) is 10.8 Å². The van der Waals surface area contributed by atoms with Gasteiger partial charge in [0.1, 0.15) is 17.1 Å². The van der Waals surface area contributed by atoms with Crippen LogP contribution in [0.15, 0.2) is 50.4 Å². The van der Waals surface area contributed by atoms with E-state index in [0.29, 0.717) is 11.5 Å². The molecule has 2 heterocycles. The number of sulfonamides is 1. The van der Waals surface area contributed by atoms with Gasteiger partial charge < -0.3 is 9.15 Å². The molecule has 7 heteroatoms. The molecular weight excluding hydrogens is 310 g/mol. The van der Waals surface area contributed by atoms with E-state index in [4.69, 9.17) is 9.15 Å². The lowest BCUT2D eigenvalue weighted by Crippen LogP contribution is -2.22. The molecule has 0 spiro atoms. The van der Waals surface area contributed by atoms with Crippen LogP contribution in [0.5, 0.6) is 5.75 Å². The number of para-hydroxylation sites is 1. The second kappa shape index (κ2) is 5.51. The number of benzene rings is 1. The molecule has 0 atom stereocenters. The van der Waals surface area contributed by atoms with E-state index in [1.165, 1.54) is 7.11 Å². The number of hydrogen-bond acceptors (Lipinski definition) is 5. The maximum absolute atomic E-state index is 12.2. The van der Waals surface area contributed by atoms with Crippen LogP contribution >= 0.6 is 11.3 Å². The summed E-state index contributed by atoms with van der Waals surface area (Å²) in [7, 11) is -2.17. The van der Waals surface area contributed by atoms with Crippen molar-refractivity contribution in [2.24, 2.45) is 0 Å². The first kappa shape index (κ1) is 14.1. The summed E-state index contributed by atoms with van der Waals surface area (Å²) in [5.41, 5.74) is 0.736. The summed E-state index contributed by atoms with van der Waals surface area (Å²) in [5, 5.41) is 2.62. The Bertz CT molecular complexity index is 831. The molecule has 0 saturated carbocycles. The molecule has 3 aromatic rings. The van der Waals surface area contributed by atoms with Gasteiger partial charge in [-0.2, -0.15) is 0 Å². The zero-order valence-corrected chi connectivity index (χ0v) is 12.8. The number of furan rings is 1. The van der Waals surface area contributed by atoms with Gasteiger partial charge in [-0.3, -0.25) is 0 Å². The van der Waals surface area contributed by atoms with E-state index in [2.05, 4.69) is 4.72 Å². The predicted octanol–water partition coefficient (Wildman–Crippen LogP) is 2.98. The smallest absolute Gasteiger partial charge is 0.254 e. The van der Waals surface area contributed by atoms with Gasteiger partial charge in [0.2, 0.25) is 0 Å². The van der Waals surface area contributed by atoms with Gasteiger partial charge in [0, 0.05) is 5.39 Å². The van der Waals surface area contributed by atoms with Gasteiger partial charge >= 0.3 is 0 Å². The molecule has 21 heavy (non-hydrogen) atoms. The first-order valence-electron chi connectivity index (χ1n) is 6.19. The molecule has 110 valence electrons. The van der Waals surface area contributed by atoms with Crippen LogP contribution in [-0.4, -0.2) is 15.5 Å². The molecule has 0 unspecified atom stereocenters. The van der Waals surface area contributed by atoms with Crippen LogP contribution in [0.25, 0.3) is 11.0 Å². The fourth-order valence-corrected chi connectivity index (χ4v) is 4.30. The van der Waals surface area contributed by atoms with E-state index < -0.39 is 10.0 Å². The molecule has 0 aliphatic carbocycles. The minimum absolute atomic E-state index is 0.0953. The highest BCUT2D eigenvalue weighted by molar-refractivity contribution is 7.91. The zero-order chi connectivity index (χ0) is 14.9. The van der Waals surface area contributed by atoms with Gasteiger partial charge in [-0.05, 0) is 23.6 Å². The summed E-state index contributed by atoms with van der Waals surface area (Å²) in [6.45, 7) is 0.0953. The summed E-state index contributed by atoms with van der Waals surface area (Å²) in [4.78, 5) is 0. The van der Waals surface area contributed by atoms with Crippen molar-refractivity contribution in [2.75, 3.05) is 7.11 Å². The Labute approximate surface area is 126 Å². The van der Waals surface area contributed by atoms with Crippen molar-refractivity contribution in [3.05, 3.63) is 47.5 Å². The monoisotopic (exact) mass is 323 g/mol. The molecular formula is C14H13NO4S2. The second-order valence-corrected chi connectivity index (χ2v) is 7.23. The molecule has 2 aromatic heterocycles. The van der Waals surface area contributed by atoms with Crippen LogP contribution in [0, 0.1) is 0 Å². The molecule has 0 aliphatic rings. The fraction of sp³-hybridized carbons (Fsp3) is 0.143. The van der Waals surface area contributed by atoms with Crippen LogP contribution in [0.4, 0.5) is 0 Å². The molecule has 0 fully saturated rings. The van der Waals surface area contributed by atoms with Gasteiger partial charge in [-0.15, -0.1) is 11.3 Å². The average molecular weight is 323 g/mol. The number of ether oxygens (including phenoxy) is 1. The molecule has 3 rings (SSSR count). The van der Waals surface area contributed by atoms with E-state index in [1.54, 1.807) is 11.4 Å². The van der Waals surface area contributed by atoms with Crippen LogP contribution in [-0.2, 0) is 16.6 Å². The summed E-state index contributed by atoms with van der Waals surface area (Å²) < 4.78 is 37.8. The third-order valence-electron chi connectivity index (χ3n) is 2.97. The van der Waals surface area contributed by atoms with Crippen molar-refractivity contribution in [3.63, 3.8) is 0 Å². The third kappa shape index (κ3) is 2.80. The lowest BCUT2D eigenvalue weighted by Gasteiger charge is -2.05. The van der Waals surface area contributed by atoms with Gasteiger partial charge in [0.25, 0.3) is 10.0 Å². The van der Waals surface area contributed by atoms with Crippen LogP contribution < -0.4 is 9.46 Å². The van der Waals surface area contributed by atoms with E-state index >= 15 is 0 Å². The number of methoxy groups -OCH3 is 1. The maximum atomic E-state index is 12.2. The number of fused-ring (bicyclic) bond motifs is 1. The normalized spacial score (nSPS) is 11.9. The predicted molar refractivity (Wildman–Crippen MR) is 81.1 cm³/mol. The Morgan fingerprint density at radius 2 is 2.10 bits per heavy atom. The Kier molecular flexibility index (Phi) is 3.71. The fourth-order valence-electron chi connectivity index (χ4n) is 1.99. The average Bonchev–Trinajstić information content (AvgIpc) is 3.11. The summed E-state index contributed by atoms with van der Waals surface area (Å²) >= 11 is 1.12. The number of rotatable bonds is 5. The van der Waals surface area contributed by atoms with E-state index in [-0.39, 0.29) is 10.8 Å². The Morgan fingerprint density at radius 1 is 1.29 bits per heavy atom. The lowest BCUT2D eigenvalue weighted by molar-refractivity contribution is 0.406. The standard InChI is InChI=1S/C14H13NO4S2/c1-18-13-6-7-20-14(13)21(16,17)15-9-11-8-10-4-2-3-5-12(10)19-11/h2-8,15H,9H2,1H3. The van der Waals surface area contributed by atoms with Gasteiger partial charge in [0.15, 0.2) is 4.21 Å². The number of thiophene rings is 1.